The summed E-state index contributed by atoms with van der Waals surface area (Å²) in [4.78, 5) is 23.4. The maximum absolute atomic E-state index is 13.2. The van der Waals surface area contributed by atoms with E-state index >= 15 is 0 Å². The molecule has 2 heterocycles. The largest absolute Gasteiger partial charge is 0.444 e. The summed E-state index contributed by atoms with van der Waals surface area (Å²) in [6, 6.07) is 17.3. The van der Waals surface area contributed by atoms with Crippen molar-refractivity contribution in [2.75, 3.05) is 17.8 Å². The van der Waals surface area contributed by atoms with Gasteiger partial charge in [-0.15, -0.1) is 11.3 Å². The molecule has 0 saturated heterocycles. The lowest BCUT2D eigenvalue weighted by atomic mass is 10.1. The van der Waals surface area contributed by atoms with Gasteiger partial charge >= 0.3 is 6.09 Å². The first-order valence-electron chi connectivity index (χ1n) is 16.7. The van der Waals surface area contributed by atoms with Crippen LogP contribution in [-0.2, 0) is 27.6 Å². The van der Waals surface area contributed by atoms with Gasteiger partial charge in [-0.3, -0.25) is 9.71 Å². The summed E-state index contributed by atoms with van der Waals surface area (Å²) in [7, 11) is -3.81. The Hall–Kier alpha value is -3.80. The molecular formula is C37H48N4O5S2. The summed E-state index contributed by atoms with van der Waals surface area (Å²) < 4.78 is 34.6. The zero-order valence-corrected chi connectivity index (χ0v) is 30.0. The highest BCUT2D eigenvalue weighted by atomic mass is 32.2. The van der Waals surface area contributed by atoms with E-state index in [9.17, 15) is 18.3 Å². The molecule has 2 aromatic heterocycles. The van der Waals surface area contributed by atoms with Gasteiger partial charge in [0.2, 0.25) is 0 Å². The van der Waals surface area contributed by atoms with Crippen molar-refractivity contribution in [2.24, 2.45) is 0 Å². The van der Waals surface area contributed by atoms with E-state index < -0.39 is 27.8 Å². The predicted molar refractivity (Wildman–Crippen MR) is 193 cm³/mol. The van der Waals surface area contributed by atoms with Crippen molar-refractivity contribution in [1.82, 2.24) is 14.9 Å². The van der Waals surface area contributed by atoms with Gasteiger partial charge in [0.05, 0.1) is 23.2 Å². The molecule has 4 aromatic rings. The van der Waals surface area contributed by atoms with Crippen molar-refractivity contribution in [3.05, 3.63) is 95.3 Å². The molecule has 0 bridgehead atoms. The minimum Gasteiger partial charge on any atom is -0.444 e. The molecule has 4 rings (SSSR count). The normalized spacial score (nSPS) is 12.4. The third kappa shape index (κ3) is 11.7. The number of sulfonamides is 1. The van der Waals surface area contributed by atoms with Gasteiger partial charge in [0, 0.05) is 41.1 Å². The number of aryl methyl sites for hydroxylation is 1. The molecule has 1 amide bonds. The molecule has 9 nitrogen and oxygen atoms in total. The standard InChI is InChI=1S/C37H48N4O5S2/c1-5-6-7-8-9-10-13-32-27-47-35(39-32)29-16-20-33(21-17-29)48(44,45)40-31-18-14-28(15-19-31)22-24-41(36(43)46-37(2,3)4)26-34(42)30-12-11-23-38-25-30/h11-12,14-21,23,25,27,34,40,42H,5-10,13,22,24,26H2,1-4H3/t34-/m0/s1. The molecule has 48 heavy (non-hydrogen) atoms. The smallest absolute Gasteiger partial charge is 0.410 e. The SMILES string of the molecule is CCCCCCCCc1csc(-c2ccc(S(=O)(=O)Nc3ccc(CCN(C[C@H](O)c4cccnc4)C(=O)OC(C)(C)C)cc3)cc2)n1. The van der Waals surface area contributed by atoms with Gasteiger partial charge in [0.25, 0.3) is 10.0 Å². The molecule has 0 aliphatic heterocycles. The van der Waals surface area contributed by atoms with Gasteiger partial charge in [-0.25, -0.2) is 18.2 Å². The first kappa shape index (κ1) is 37.0. The van der Waals surface area contributed by atoms with E-state index in [4.69, 9.17) is 9.72 Å². The summed E-state index contributed by atoms with van der Waals surface area (Å²) in [5, 5.41) is 13.7. The van der Waals surface area contributed by atoms with Crippen LogP contribution in [0.4, 0.5) is 10.5 Å². The first-order chi connectivity index (χ1) is 22.9. The number of hydrogen-bond donors (Lipinski definition) is 2. The number of benzene rings is 2. The minimum atomic E-state index is -3.81. The van der Waals surface area contributed by atoms with Crippen molar-refractivity contribution in [1.29, 1.82) is 0 Å². The van der Waals surface area contributed by atoms with Crippen LogP contribution in [0.25, 0.3) is 10.6 Å². The zero-order valence-electron chi connectivity index (χ0n) is 28.4. The topological polar surface area (TPSA) is 122 Å². The number of rotatable bonds is 17. The van der Waals surface area contributed by atoms with Crippen LogP contribution in [0.15, 0.2) is 83.3 Å². The van der Waals surface area contributed by atoms with Crippen LogP contribution in [-0.4, -0.2) is 53.2 Å². The van der Waals surface area contributed by atoms with Crippen LogP contribution in [0.1, 0.15) is 89.1 Å². The number of pyridine rings is 1. The van der Waals surface area contributed by atoms with Crippen LogP contribution in [0.3, 0.4) is 0 Å². The van der Waals surface area contributed by atoms with E-state index in [-0.39, 0.29) is 11.4 Å². The van der Waals surface area contributed by atoms with E-state index in [1.165, 1.54) is 37.0 Å². The third-order valence-corrected chi connectivity index (χ3v) is 10.1. The van der Waals surface area contributed by atoms with Crippen LogP contribution in [0.5, 0.6) is 0 Å². The Bertz CT molecular complexity index is 1670. The van der Waals surface area contributed by atoms with Gasteiger partial charge in [-0.05, 0) is 75.9 Å². The lowest BCUT2D eigenvalue weighted by Crippen LogP contribution is -2.40. The third-order valence-electron chi connectivity index (χ3n) is 7.74. The van der Waals surface area contributed by atoms with Crippen LogP contribution < -0.4 is 4.72 Å². The minimum absolute atomic E-state index is 0.0418. The highest BCUT2D eigenvalue weighted by Gasteiger charge is 2.25. The van der Waals surface area contributed by atoms with Crippen molar-refractivity contribution in [3.8, 4) is 10.6 Å². The number of aliphatic hydroxyl groups is 1. The number of thiazole rings is 1. The number of aromatic nitrogens is 2. The molecule has 2 aromatic carbocycles. The molecule has 0 fully saturated rings. The molecule has 258 valence electrons. The lowest BCUT2D eigenvalue weighted by molar-refractivity contribution is 0.0146. The zero-order chi connectivity index (χ0) is 34.6. The summed E-state index contributed by atoms with van der Waals surface area (Å²) in [5.41, 5.74) is 3.22. The first-order valence-corrected chi connectivity index (χ1v) is 19.0. The number of ether oxygens (including phenoxy) is 1. The molecule has 0 saturated carbocycles. The van der Waals surface area contributed by atoms with Gasteiger partial charge in [0.15, 0.2) is 0 Å². The molecule has 0 spiro atoms. The highest BCUT2D eigenvalue weighted by molar-refractivity contribution is 7.92. The van der Waals surface area contributed by atoms with E-state index in [0.29, 0.717) is 24.2 Å². The van der Waals surface area contributed by atoms with Gasteiger partial charge < -0.3 is 14.7 Å². The summed E-state index contributed by atoms with van der Waals surface area (Å²) in [5.74, 6) is 0. The Morgan fingerprint density at radius 1 is 0.979 bits per heavy atom. The van der Waals surface area contributed by atoms with Crippen LogP contribution >= 0.6 is 11.3 Å². The van der Waals surface area contributed by atoms with Gasteiger partial charge in [-0.2, -0.15) is 0 Å². The number of carbonyl (C=O) groups is 1. The molecule has 0 aliphatic rings. The van der Waals surface area contributed by atoms with E-state index in [1.807, 2.05) is 12.1 Å². The number of nitrogens with one attached hydrogen (secondary N) is 1. The van der Waals surface area contributed by atoms with Crippen molar-refractivity contribution >= 4 is 33.1 Å². The second-order valence-corrected chi connectivity index (χ2v) is 15.5. The number of nitrogens with zero attached hydrogens (tertiary/aromatic N) is 3. The highest BCUT2D eigenvalue weighted by Crippen LogP contribution is 2.27. The number of hydrogen-bond acceptors (Lipinski definition) is 8. The molecule has 0 unspecified atom stereocenters. The Kier molecular flexibility index (Phi) is 13.5. The number of anilines is 1. The number of unbranched alkanes of at least 4 members (excludes halogenated alkanes) is 5. The van der Waals surface area contributed by atoms with Crippen molar-refractivity contribution < 1.29 is 23.1 Å². The summed E-state index contributed by atoms with van der Waals surface area (Å²) in [6.45, 7) is 7.95. The fraction of sp³-hybridized carbons (Fsp3) is 0.432. The predicted octanol–water partition coefficient (Wildman–Crippen LogP) is 8.42. The van der Waals surface area contributed by atoms with E-state index in [2.05, 4.69) is 22.0 Å². The Balaban J connectivity index is 1.32. The van der Waals surface area contributed by atoms with E-state index in [1.54, 1.807) is 93.0 Å². The molecule has 0 aliphatic carbocycles. The Labute approximate surface area is 289 Å². The molecule has 1 atom stereocenters. The van der Waals surface area contributed by atoms with Crippen LogP contribution in [0, 0.1) is 0 Å². The maximum Gasteiger partial charge on any atom is 0.410 e. The average molecular weight is 693 g/mol. The number of amides is 1. The molecule has 11 heteroatoms. The quantitative estimate of drug-likeness (QED) is 0.107. The number of carbonyl (C=O) groups excluding carboxylic acids is 1. The fourth-order valence-electron chi connectivity index (χ4n) is 5.11. The van der Waals surface area contributed by atoms with E-state index in [0.717, 1.165) is 34.7 Å². The fourth-order valence-corrected chi connectivity index (χ4v) is 7.02. The number of aliphatic hydroxyl groups excluding tert-OH is 1. The summed E-state index contributed by atoms with van der Waals surface area (Å²) >= 11 is 1.58. The maximum atomic E-state index is 13.2. The summed E-state index contributed by atoms with van der Waals surface area (Å²) in [6.07, 6.45) is 10.7. The van der Waals surface area contributed by atoms with Gasteiger partial charge in [0.1, 0.15) is 10.6 Å². The van der Waals surface area contributed by atoms with Gasteiger partial charge in [-0.1, -0.05) is 69.4 Å². The molecule has 2 N–H and O–H groups in total. The second-order valence-electron chi connectivity index (χ2n) is 13.0. The molecular weight excluding hydrogens is 645 g/mol. The second kappa shape index (κ2) is 17.6. The van der Waals surface area contributed by atoms with Crippen molar-refractivity contribution in [2.45, 2.75) is 95.7 Å². The monoisotopic (exact) mass is 692 g/mol. The molecule has 0 radical (unpaired) electrons. The van der Waals surface area contributed by atoms with Crippen molar-refractivity contribution in [3.63, 3.8) is 0 Å². The van der Waals surface area contributed by atoms with Crippen LogP contribution in [0.2, 0.25) is 0 Å². The Morgan fingerprint density at radius 3 is 2.35 bits per heavy atom. The average Bonchev–Trinajstić information content (AvgIpc) is 3.54. The Morgan fingerprint density at radius 2 is 1.69 bits per heavy atom. The lowest BCUT2D eigenvalue weighted by Gasteiger charge is -2.29.